The molecule has 3 atom stereocenters. The van der Waals surface area contributed by atoms with Gasteiger partial charge >= 0.3 is 0 Å². The quantitative estimate of drug-likeness (QED) is 0.835. The van der Waals surface area contributed by atoms with Crippen LogP contribution in [0.3, 0.4) is 0 Å². The lowest BCUT2D eigenvalue weighted by molar-refractivity contribution is -0.0625. The fourth-order valence-corrected chi connectivity index (χ4v) is 4.23. The zero-order valence-corrected chi connectivity index (χ0v) is 11.7. The summed E-state index contributed by atoms with van der Waals surface area (Å²) < 4.78 is 5.94. The minimum atomic E-state index is 0.500. The van der Waals surface area contributed by atoms with Crippen LogP contribution in [0.2, 0.25) is 0 Å². The summed E-state index contributed by atoms with van der Waals surface area (Å²) in [7, 11) is 0. The van der Waals surface area contributed by atoms with Crippen molar-refractivity contribution in [3.8, 4) is 0 Å². The smallest absolute Gasteiger partial charge is 0.0707 e. The molecule has 3 fully saturated rings. The van der Waals surface area contributed by atoms with E-state index in [-0.39, 0.29) is 0 Å². The summed E-state index contributed by atoms with van der Waals surface area (Å²) in [6, 6.07) is 0.615. The first-order valence-electron chi connectivity index (χ1n) is 7.86. The number of nitrogens with zero attached hydrogens (tertiary/aromatic N) is 1. The molecule has 0 spiro atoms. The highest BCUT2D eigenvalue weighted by Crippen LogP contribution is 2.35. The second kappa shape index (κ2) is 5.48. The number of likely N-dealkylation sites (tertiary alicyclic amines) is 1. The maximum Gasteiger partial charge on any atom is 0.0707 e. The van der Waals surface area contributed by atoms with E-state index in [4.69, 9.17) is 10.5 Å². The van der Waals surface area contributed by atoms with Crippen LogP contribution in [-0.4, -0.2) is 42.8 Å². The van der Waals surface area contributed by atoms with E-state index in [2.05, 4.69) is 11.8 Å². The molecule has 3 unspecified atom stereocenters. The Labute approximate surface area is 111 Å². The zero-order valence-electron chi connectivity index (χ0n) is 11.7. The number of morpholine rings is 1. The van der Waals surface area contributed by atoms with E-state index >= 15 is 0 Å². The first-order valence-corrected chi connectivity index (χ1v) is 7.86. The van der Waals surface area contributed by atoms with Gasteiger partial charge in [0.2, 0.25) is 0 Å². The number of nitrogens with two attached hydrogens (primary N) is 1. The van der Waals surface area contributed by atoms with Gasteiger partial charge in [-0.3, -0.25) is 4.90 Å². The van der Waals surface area contributed by atoms with E-state index in [1.807, 2.05) is 0 Å². The number of hydrogen-bond donors (Lipinski definition) is 1. The second-order valence-electron chi connectivity index (χ2n) is 6.73. The molecule has 104 valence electrons. The average Bonchev–Trinajstić information content (AvgIpc) is 2.72. The Morgan fingerprint density at radius 3 is 2.22 bits per heavy atom. The monoisotopic (exact) mass is 252 g/mol. The van der Waals surface area contributed by atoms with Crippen LogP contribution in [0.1, 0.15) is 45.4 Å². The lowest BCUT2D eigenvalue weighted by atomic mass is 9.78. The molecule has 3 aliphatic rings. The first kappa shape index (κ1) is 12.9. The minimum absolute atomic E-state index is 0.500. The molecule has 0 radical (unpaired) electrons. The van der Waals surface area contributed by atoms with Crippen molar-refractivity contribution >= 4 is 0 Å². The summed E-state index contributed by atoms with van der Waals surface area (Å²) in [5, 5.41) is 0. The summed E-state index contributed by atoms with van der Waals surface area (Å²) in [5.41, 5.74) is 6.10. The molecule has 2 bridgehead atoms. The van der Waals surface area contributed by atoms with Crippen molar-refractivity contribution in [3.05, 3.63) is 0 Å². The van der Waals surface area contributed by atoms with Crippen LogP contribution in [0, 0.1) is 11.8 Å². The van der Waals surface area contributed by atoms with Crippen molar-refractivity contribution < 1.29 is 4.74 Å². The molecule has 0 amide bonds. The highest BCUT2D eigenvalue weighted by Gasteiger charge is 2.38. The summed E-state index contributed by atoms with van der Waals surface area (Å²) >= 11 is 0. The van der Waals surface area contributed by atoms with Crippen molar-refractivity contribution in [3.63, 3.8) is 0 Å². The number of hydrogen-bond acceptors (Lipinski definition) is 3. The van der Waals surface area contributed by atoms with Gasteiger partial charge in [0.25, 0.3) is 0 Å². The van der Waals surface area contributed by atoms with E-state index in [0.29, 0.717) is 18.2 Å². The Balaban J connectivity index is 1.61. The number of rotatable bonds is 3. The maximum absolute atomic E-state index is 6.10. The molecule has 2 N–H and O–H groups in total. The molecule has 2 aliphatic heterocycles. The molecule has 3 heteroatoms. The number of fused-ring (bicyclic) bond motifs is 2. The molecule has 3 rings (SSSR count). The predicted octanol–water partition coefficient (Wildman–Crippen LogP) is 2.00. The summed E-state index contributed by atoms with van der Waals surface area (Å²) in [6.07, 6.45) is 9.10. The van der Waals surface area contributed by atoms with Gasteiger partial charge in [-0.2, -0.15) is 0 Å². The van der Waals surface area contributed by atoms with Crippen LogP contribution >= 0.6 is 0 Å². The van der Waals surface area contributed by atoms with E-state index < -0.39 is 0 Å². The van der Waals surface area contributed by atoms with Gasteiger partial charge in [0.05, 0.1) is 12.2 Å². The van der Waals surface area contributed by atoms with Crippen molar-refractivity contribution in [1.82, 2.24) is 4.90 Å². The van der Waals surface area contributed by atoms with Gasteiger partial charge in [0, 0.05) is 25.7 Å². The third-order valence-electron chi connectivity index (χ3n) is 5.39. The van der Waals surface area contributed by atoms with Gasteiger partial charge in [0.15, 0.2) is 0 Å². The Morgan fingerprint density at radius 1 is 1.06 bits per heavy atom. The number of ether oxygens (including phenoxy) is 1. The Kier molecular flexibility index (Phi) is 3.92. The largest absolute Gasteiger partial charge is 0.372 e. The second-order valence-corrected chi connectivity index (χ2v) is 6.73. The normalized spacial score (nSPS) is 43.0. The molecule has 1 saturated carbocycles. The van der Waals surface area contributed by atoms with Gasteiger partial charge in [-0.25, -0.2) is 0 Å². The maximum atomic E-state index is 6.10. The predicted molar refractivity (Wildman–Crippen MR) is 73.4 cm³/mol. The third-order valence-corrected chi connectivity index (χ3v) is 5.39. The van der Waals surface area contributed by atoms with Gasteiger partial charge < -0.3 is 10.5 Å². The van der Waals surface area contributed by atoms with Crippen LogP contribution in [0.5, 0.6) is 0 Å². The molecular weight excluding hydrogens is 224 g/mol. The SMILES string of the molecule is CC1CCC(C(CN)N2CC3CCC(C2)O3)CC1. The average molecular weight is 252 g/mol. The van der Waals surface area contributed by atoms with Crippen LogP contribution in [0.4, 0.5) is 0 Å². The van der Waals surface area contributed by atoms with Crippen molar-refractivity contribution in [2.75, 3.05) is 19.6 Å². The molecule has 2 saturated heterocycles. The highest BCUT2D eigenvalue weighted by molar-refractivity contribution is 4.91. The Bertz CT molecular complexity index is 264. The minimum Gasteiger partial charge on any atom is -0.372 e. The fraction of sp³-hybridized carbons (Fsp3) is 1.00. The van der Waals surface area contributed by atoms with E-state index in [0.717, 1.165) is 31.5 Å². The van der Waals surface area contributed by atoms with E-state index in [1.165, 1.54) is 38.5 Å². The molecule has 0 aromatic rings. The van der Waals surface area contributed by atoms with Crippen LogP contribution < -0.4 is 5.73 Å². The standard InChI is InChI=1S/C15H28N2O/c1-11-2-4-12(5-3-11)15(8-16)17-9-13-6-7-14(10-17)18-13/h11-15H,2-10,16H2,1H3. The Hall–Kier alpha value is -0.120. The van der Waals surface area contributed by atoms with Crippen LogP contribution in [-0.2, 0) is 4.74 Å². The van der Waals surface area contributed by atoms with Crippen LogP contribution in [0.25, 0.3) is 0 Å². The van der Waals surface area contributed by atoms with E-state index in [9.17, 15) is 0 Å². The molecule has 2 heterocycles. The van der Waals surface area contributed by atoms with Crippen molar-refractivity contribution in [2.45, 2.75) is 63.7 Å². The molecule has 0 aromatic carbocycles. The zero-order chi connectivity index (χ0) is 12.5. The van der Waals surface area contributed by atoms with Crippen molar-refractivity contribution in [2.24, 2.45) is 17.6 Å². The summed E-state index contributed by atoms with van der Waals surface area (Å²) in [6.45, 7) is 5.48. The molecule has 3 nitrogen and oxygen atoms in total. The van der Waals surface area contributed by atoms with Gasteiger partial charge in [-0.05, 0) is 37.5 Å². The van der Waals surface area contributed by atoms with Gasteiger partial charge in [0.1, 0.15) is 0 Å². The van der Waals surface area contributed by atoms with Gasteiger partial charge in [-0.1, -0.05) is 19.8 Å². The van der Waals surface area contributed by atoms with E-state index in [1.54, 1.807) is 0 Å². The fourth-order valence-electron chi connectivity index (χ4n) is 4.23. The molecule has 1 aliphatic carbocycles. The van der Waals surface area contributed by atoms with Gasteiger partial charge in [-0.15, -0.1) is 0 Å². The Morgan fingerprint density at radius 2 is 1.67 bits per heavy atom. The highest BCUT2D eigenvalue weighted by atomic mass is 16.5. The molecular formula is C15H28N2O. The lowest BCUT2D eigenvalue weighted by Crippen LogP contribution is -2.53. The third kappa shape index (κ3) is 2.59. The molecule has 18 heavy (non-hydrogen) atoms. The topological polar surface area (TPSA) is 38.5 Å². The summed E-state index contributed by atoms with van der Waals surface area (Å²) in [4.78, 5) is 2.66. The van der Waals surface area contributed by atoms with Crippen LogP contribution in [0.15, 0.2) is 0 Å². The summed E-state index contributed by atoms with van der Waals surface area (Å²) in [5.74, 6) is 1.77. The van der Waals surface area contributed by atoms with Crippen molar-refractivity contribution in [1.29, 1.82) is 0 Å². The lowest BCUT2D eigenvalue weighted by Gasteiger charge is -2.43. The first-order chi connectivity index (χ1) is 8.76. The molecule has 0 aromatic heterocycles.